The smallest absolute Gasteiger partial charge is 0.326 e. The van der Waals surface area contributed by atoms with Gasteiger partial charge >= 0.3 is 5.97 Å². The van der Waals surface area contributed by atoms with Gasteiger partial charge in [-0.05, 0) is 37.1 Å². The number of aliphatic carboxylic acids is 1. The monoisotopic (exact) mass is 265 g/mol. The maximum absolute atomic E-state index is 12.0. The molecule has 104 valence electrons. The molecule has 0 saturated carbocycles. The Morgan fingerprint density at radius 2 is 2.05 bits per heavy atom. The van der Waals surface area contributed by atoms with E-state index in [0.717, 1.165) is 12.8 Å². The Morgan fingerprint density at radius 3 is 2.58 bits per heavy atom. The number of aryl methyl sites for hydroxylation is 1. The minimum Gasteiger partial charge on any atom is -0.508 e. The SMILES string of the molecule is CCCCC(NC(=O)c1ccc(O)cc1C)C(=O)O. The predicted octanol–water partition coefficient (Wildman–Crippen LogP) is 2.07. The summed E-state index contributed by atoms with van der Waals surface area (Å²) in [6, 6.07) is 3.49. The first kappa shape index (κ1) is 15.0. The first-order valence-corrected chi connectivity index (χ1v) is 6.29. The number of carbonyl (C=O) groups excluding carboxylic acids is 1. The van der Waals surface area contributed by atoms with Gasteiger partial charge in [-0.3, -0.25) is 4.79 Å². The van der Waals surface area contributed by atoms with Crippen molar-refractivity contribution >= 4 is 11.9 Å². The number of hydrogen-bond donors (Lipinski definition) is 3. The molecule has 0 spiro atoms. The van der Waals surface area contributed by atoms with E-state index in [-0.39, 0.29) is 5.75 Å². The van der Waals surface area contributed by atoms with Crippen molar-refractivity contribution in [1.82, 2.24) is 5.32 Å². The van der Waals surface area contributed by atoms with E-state index in [2.05, 4.69) is 5.32 Å². The molecule has 1 atom stereocenters. The number of aromatic hydroxyl groups is 1. The zero-order valence-electron chi connectivity index (χ0n) is 11.1. The minimum atomic E-state index is -1.03. The zero-order valence-corrected chi connectivity index (χ0v) is 11.1. The Morgan fingerprint density at radius 1 is 1.37 bits per heavy atom. The molecule has 0 fully saturated rings. The van der Waals surface area contributed by atoms with E-state index in [1.807, 2.05) is 6.92 Å². The van der Waals surface area contributed by atoms with Crippen molar-refractivity contribution in [1.29, 1.82) is 0 Å². The van der Waals surface area contributed by atoms with Crippen LogP contribution in [-0.4, -0.2) is 28.1 Å². The number of rotatable bonds is 6. The fraction of sp³-hybridized carbons (Fsp3) is 0.429. The largest absolute Gasteiger partial charge is 0.508 e. The Balaban J connectivity index is 2.78. The van der Waals surface area contributed by atoms with Crippen LogP contribution in [-0.2, 0) is 4.79 Å². The lowest BCUT2D eigenvalue weighted by atomic mass is 10.1. The molecular weight excluding hydrogens is 246 g/mol. The molecule has 0 aliphatic heterocycles. The van der Waals surface area contributed by atoms with Crippen LogP contribution in [0.15, 0.2) is 18.2 Å². The Kier molecular flexibility index (Phi) is 5.36. The average Bonchev–Trinajstić information content (AvgIpc) is 2.33. The van der Waals surface area contributed by atoms with Crippen LogP contribution in [0.3, 0.4) is 0 Å². The van der Waals surface area contributed by atoms with Gasteiger partial charge in [0.25, 0.3) is 5.91 Å². The molecule has 0 aliphatic rings. The van der Waals surface area contributed by atoms with Crippen molar-refractivity contribution in [2.24, 2.45) is 0 Å². The fourth-order valence-electron chi connectivity index (χ4n) is 1.80. The predicted molar refractivity (Wildman–Crippen MR) is 71.3 cm³/mol. The summed E-state index contributed by atoms with van der Waals surface area (Å²) in [6.07, 6.45) is 2.03. The Labute approximate surface area is 112 Å². The number of hydrogen-bond acceptors (Lipinski definition) is 3. The van der Waals surface area contributed by atoms with Gasteiger partial charge in [0.15, 0.2) is 0 Å². The molecule has 1 aromatic carbocycles. The summed E-state index contributed by atoms with van der Waals surface area (Å²) in [7, 11) is 0. The molecule has 3 N–H and O–H groups in total. The van der Waals surface area contributed by atoms with Gasteiger partial charge < -0.3 is 15.5 Å². The van der Waals surface area contributed by atoms with Crippen LogP contribution in [0.1, 0.15) is 42.1 Å². The highest BCUT2D eigenvalue weighted by Gasteiger charge is 2.20. The summed E-state index contributed by atoms with van der Waals surface area (Å²) in [5, 5.41) is 20.8. The number of phenolic OH excluding ortho intramolecular Hbond substituents is 1. The molecule has 0 aromatic heterocycles. The maximum Gasteiger partial charge on any atom is 0.326 e. The molecular formula is C14H19NO4. The lowest BCUT2D eigenvalue weighted by Gasteiger charge is -2.15. The zero-order chi connectivity index (χ0) is 14.4. The normalized spacial score (nSPS) is 11.9. The highest BCUT2D eigenvalue weighted by atomic mass is 16.4. The third-order valence-electron chi connectivity index (χ3n) is 2.90. The second-order valence-electron chi connectivity index (χ2n) is 4.51. The van der Waals surface area contributed by atoms with Crippen LogP contribution < -0.4 is 5.32 Å². The van der Waals surface area contributed by atoms with Crippen LogP contribution in [0.4, 0.5) is 0 Å². The molecule has 1 unspecified atom stereocenters. The van der Waals surface area contributed by atoms with Crippen molar-refractivity contribution < 1.29 is 19.8 Å². The molecule has 0 radical (unpaired) electrons. The van der Waals surface area contributed by atoms with Crippen LogP contribution in [0.5, 0.6) is 5.75 Å². The summed E-state index contributed by atoms with van der Waals surface area (Å²) >= 11 is 0. The van der Waals surface area contributed by atoms with Crippen LogP contribution >= 0.6 is 0 Å². The van der Waals surface area contributed by atoms with E-state index in [4.69, 9.17) is 5.11 Å². The van der Waals surface area contributed by atoms with Gasteiger partial charge in [-0.2, -0.15) is 0 Å². The third kappa shape index (κ3) is 4.28. The number of phenols is 1. The first-order chi connectivity index (χ1) is 8.95. The first-order valence-electron chi connectivity index (χ1n) is 6.29. The Bertz CT molecular complexity index is 471. The number of amides is 1. The summed E-state index contributed by atoms with van der Waals surface area (Å²) in [4.78, 5) is 23.1. The van der Waals surface area contributed by atoms with Gasteiger partial charge in [-0.1, -0.05) is 19.8 Å². The maximum atomic E-state index is 12.0. The average molecular weight is 265 g/mol. The second kappa shape index (κ2) is 6.78. The highest BCUT2D eigenvalue weighted by molar-refractivity contribution is 5.97. The molecule has 0 aliphatic carbocycles. The molecule has 0 bridgehead atoms. The molecule has 1 rings (SSSR count). The van der Waals surface area contributed by atoms with Crippen molar-refractivity contribution in [3.63, 3.8) is 0 Å². The second-order valence-corrected chi connectivity index (χ2v) is 4.51. The van der Waals surface area contributed by atoms with E-state index in [1.54, 1.807) is 6.92 Å². The number of unbranched alkanes of at least 4 members (excludes halogenated alkanes) is 1. The standard InChI is InChI=1S/C14H19NO4/c1-3-4-5-12(14(18)19)15-13(17)11-7-6-10(16)8-9(11)2/h6-8,12,16H,3-5H2,1-2H3,(H,15,17)(H,18,19). The molecule has 1 amide bonds. The van der Waals surface area contributed by atoms with Gasteiger partial charge in [0.2, 0.25) is 0 Å². The van der Waals surface area contributed by atoms with Crippen molar-refractivity contribution in [3.8, 4) is 5.75 Å². The summed E-state index contributed by atoms with van der Waals surface area (Å²) < 4.78 is 0. The Hall–Kier alpha value is -2.04. The summed E-state index contributed by atoms with van der Waals surface area (Å²) in [5.41, 5.74) is 0.984. The molecule has 5 heteroatoms. The fourth-order valence-corrected chi connectivity index (χ4v) is 1.80. The van der Waals surface area contributed by atoms with Gasteiger partial charge in [0.05, 0.1) is 0 Å². The van der Waals surface area contributed by atoms with E-state index in [0.29, 0.717) is 17.5 Å². The van der Waals surface area contributed by atoms with Crippen molar-refractivity contribution in [2.75, 3.05) is 0 Å². The van der Waals surface area contributed by atoms with E-state index >= 15 is 0 Å². The number of carboxylic acids is 1. The summed E-state index contributed by atoms with van der Waals surface area (Å²) in [5.74, 6) is -1.38. The number of carboxylic acid groups (broad SMARTS) is 1. The number of carbonyl (C=O) groups is 2. The number of nitrogens with one attached hydrogen (secondary N) is 1. The molecule has 0 saturated heterocycles. The lowest BCUT2D eigenvalue weighted by Crippen LogP contribution is -2.40. The van der Waals surface area contributed by atoms with E-state index < -0.39 is 17.9 Å². The van der Waals surface area contributed by atoms with Crippen LogP contribution in [0.25, 0.3) is 0 Å². The van der Waals surface area contributed by atoms with Crippen molar-refractivity contribution in [3.05, 3.63) is 29.3 Å². The highest BCUT2D eigenvalue weighted by Crippen LogP contribution is 2.16. The third-order valence-corrected chi connectivity index (χ3v) is 2.90. The van der Waals surface area contributed by atoms with E-state index in [1.165, 1.54) is 18.2 Å². The molecule has 0 heterocycles. The van der Waals surface area contributed by atoms with Crippen molar-refractivity contribution in [2.45, 2.75) is 39.2 Å². The molecule has 19 heavy (non-hydrogen) atoms. The van der Waals surface area contributed by atoms with Gasteiger partial charge in [0, 0.05) is 5.56 Å². The van der Waals surface area contributed by atoms with Gasteiger partial charge in [0.1, 0.15) is 11.8 Å². The topological polar surface area (TPSA) is 86.6 Å². The van der Waals surface area contributed by atoms with Gasteiger partial charge in [-0.25, -0.2) is 4.79 Å². The summed E-state index contributed by atoms with van der Waals surface area (Å²) in [6.45, 7) is 3.65. The lowest BCUT2D eigenvalue weighted by molar-refractivity contribution is -0.139. The van der Waals surface area contributed by atoms with Crippen LogP contribution in [0.2, 0.25) is 0 Å². The van der Waals surface area contributed by atoms with Crippen LogP contribution in [0, 0.1) is 6.92 Å². The quantitative estimate of drug-likeness (QED) is 0.735. The minimum absolute atomic E-state index is 0.0785. The molecule has 5 nitrogen and oxygen atoms in total. The number of benzene rings is 1. The molecule has 1 aromatic rings. The van der Waals surface area contributed by atoms with Gasteiger partial charge in [-0.15, -0.1) is 0 Å². The van der Waals surface area contributed by atoms with E-state index in [9.17, 15) is 14.7 Å².